The lowest BCUT2D eigenvalue weighted by Crippen LogP contribution is -2.53. The zero-order chi connectivity index (χ0) is 13.6. The van der Waals surface area contributed by atoms with Gasteiger partial charge in [0, 0.05) is 13.5 Å². The molecule has 2 aromatic rings. The van der Waals surface area contributed by atoms with E-state index in [1.807, 2.05) is 29.8 Å². The van der Waals surface area contributed by atoms with Crippen molar-refractivity contribution in [2.45, 2.75) is 18.8 Å². The Morgan fingerprint density at radius 3 is 2.79 bits per heavy atom. The molecule has 19 heavy (non-hydrogen) atoms. The average Bonchev–Trinajstić information content (AvgIpc) is 2.64. The third-order valence-electron chi connectivity index (χ3n) is 3.95. The third-order valence-corrected chi connectivity index (χ3v) is 3.95. The van der Waals surface area contributed by atoms with Crippen molar-refractivity contribution in [1.82, 2.24) is 9.55 Å². The van der Waals surface area contributed by atoms with E-state index in [0.717, 1.165) is 28.8 Å². The maximum atomic E-state index is 11.5. The third kappa shape index (κ3) is 1.58. The lowest BCUT2D eigenvalue weighted by Gasteiger charge is -2.37. The summed E-state index contributed by atoms with van der Waals surface area (Å²) in [5.41, 5.74) is 1.79. The molecular formula is C14H16N2O3. The molecule has 100 valence electrons. The van der Waals surface area contributed by atoms with Gasteiger partial charge in [-0.1, -0.05) is 13.0 Å². The van der Waals surface area contributed by atoms with Gasteiger partial charge in [0.1, 0.15) is 11.2 Å². The first-order valence-electron chi connectivity index (χ1n) is 6.35. The smallest absolute Gasteiger partial charge is 0.318 e. The number of hydrogen-bond donors (Lipinski definition) is 1. The van der Waals surface area contributed by atoms with Gasteiger partial charge in [0.15, 0.2) is 0 Å². The summed E-state index contributed by atoms with van der Waals surface area (Å²) in [5.74, 6) is 0.178. The summed E-state index contributed by atoms with van der Waals surface area (Å²) in [6, 6.07) is 5.68. The summed E-state index contributed by atoms with van der Waals surface area (Å²) in [6.07, 6.45) is 0.855. The minimum atomic E-state index is -0.884. The molecule has 1 aromatic heterocycles. The van der Waals surface area contributed by atoms with E-state index in [-0.39, 0.29) is 13.2 Å². The van der Waals surface area contributed by atoms with Crippen LogP contribution in [-0.2, 0) is 28.4 Å². The fourth-order valence-corrected chi connectivity index (χ4v) is 2.57. The van der Waals surface area contributed by atoms with Crippen molar-refractivity contribution >= 4 is 17.0 Å². The molecule has 3 rings (SSSR count). The molecule has 2 heterocycles. The molecule has 0 aliphatic carbocycles. The highest BCUT2D eigenvalue weighted by atomic mass is 16.5. The number of rotatable bonds is 3. The van der Waals surface area contributed by atoms with Gasteiger partial charge in [0.25, 0.3) is 0 Å². The molecule has 1 fully saturated rings. The SMILES string of the molecule is CCc1nc2ccc(C3(C(=O)O)COC3)cc2n1C. The van der Waals surface area contributed by atoms with Crippen LogP contribution in [0.25, 0.3) is 11.0 Å². The molecule has 5 heteroatoms. The van der Waals surface area contributed by atoms with E-state index in [4.69, 9.17) is 4.74 Å². The highest BCUT2D eigenvalue weighted by molar-refractivity contribution is 5.86. The fourth-order valence-electron chi connectivity index (χ4n) is 2.57. The lowest BCUT2D eigenvalue weighted by molar-refractivity contribution is -0.163. The number of hydrogen-bond acceptors (Lipinski definition) is 3. The number of ether oxygens (including phenoxy) is 1. The minimum Gasteiger partial charge on any atom is -0.480 e. The Morgan fingerprint density at radius 1 is 1.53 bits per heavy atom. The lowest BCUT2D eigenvalue weighted by atomic mass is 9.78. The number of carbonyl (C=O) groups is 1. The van der Waals surface area contributed by atoms with Crippen molar-refractivity contribution in [3.8, 4) is 0 Å². The second kappa shape index (κ2) is 4.06. The van der Waals surface area contributed by atoms with Crippen LogP contribution in [0.1, 0.15) is 18.3 Å². The number of aromatic nitrogens is 2. The second-order valence-corrected chi connectivity index (χ2v) is 5.02. The summed E-state index contributed by atoms with van der Waals surface area (Å²) in [7, 11) is 1.96. The monoisotopic (exact) mass is 260 g/mol. The van der Waals surface area contributed by atoms with E-state index < -0.39 is 11.4 Å². The molecular weight excluding hydrogens is 244 g/mol. The molecule has 0 spiro atoms. The van der Waals surface area contributed by atoms with Gasteiger partial charge in [-0.25, -0.2) is 4.98 Å². The van der Waals surface area contributed by atoms with Gasteiger partial charge >= 0.3 is 5.97 Å². The van der Waals surface area contributed by atoms with Crippen molar-refractivity contribution in [3.63, 3.8) is 0 Å². The molecule has 1 aliphatic rings. The first-order chi connectivity index (χ1) is 9.08. The quantitative estimate of drug-likeness (QED) is 0.908. The van der Waals surface area contributed by atoms with Crippen LogP contribution in [0, 0.1) is 0 Å². The van der Waals surface area contributed by atoms with E-state index in [9.17, 15) is 9.90 Å². The summed E-state index contributed by atoms with van der Waals surface area (Å²) >= 11 is 0. The van der Waals surface area contributed by atoms with E-state index in [2.05, 4.69) is 11.9 Å². The maximum Gasteiger partial charge on any atom is 0.318 e. The average molecular weight is 260 g/mol. The Morgan fingerprint density at radius 2 is 2.26 bits per heavy atom. The molecule has 1 saturated heterocycles. The number of imidazole rings is 1. The van der Waals surface area contributed by atoms with E-state index in [0.29, 0.717) is 0 Å². The molecule has 5 nitrogen and oxygen atoms in total. The summed E-state index contributed by atoms with van der Waals surface area (Å²) in [5, 5.41) is 9.43. The standard InChI is InChI=1S/C14H16N2O3/c1-3-12-15-10-5-4-9(6-11(10)16(12)2)14(13(17)18)7-19-8-14/h4-6H,3,7-8H2,1-2H3,(H,17,18). The van der Waals surface area contributed by atoms with Gasteiger partial charge in [-0.3, -0.25) is 4.79 Å². The first-order valence-corrected chi connectivity index (χ1v) is 6.35. The van der Waals surface area contributed by atoms with Crippen LogP contribution in [-0.4, -0.2) is 33.8 Å². The number of carboxylic acid groups (broad SMARTS) is 1. The molecule has 0 atom stereocenters. The Balaban J connectivity index is 2.16. The number of fused-ring (bicyclic) bond motifs is 1. The van der Waals surface area contributed by atoms with Gasteiger partial charge in [-0.05, 0) is 17.7 Å². The Bertz CT molecular complexity index is 656. The van der Waals surface area contributed by atoms with Gasteiger partial charge in [0.05, 0.1) is 24.2 Å². The van der Waals surface area contributed by atoms with Crippen LogP contribution in [0.3, 0.4) is 0 Å². The van der Waals surface area contributed by atoms with Crippen LogP contribution in [0.2, 0.25) is 0 Å². The first kappa shape index (κ1) is 12.2. The summed E-state index contributed by atoms with van der Waals surface area (Å²) in [4.78, 5) is 16.0. The Kier molecular flexibility index (Phi) is 2.60. The zero-order valence-corrected chi connectivity index (χ0v) is 11.0. The van der Waals surface area contributed by atoms with Crippen LogP contribution < -0.4 is 0 Å². The van der Waals surface area contributed by atoms with Gasteiger partial charge < -0.3 is 14.4 Å². The predicted molar refractivity (Wildman–Crippen MR) is 70.2 cm³/mol. The Labute approximate surface area is 110 Å². The zero-order valence-electron chi connectivity index (χ0n) is 11.0. The summed E-state index contributed by atoms with van der Waals surface area (Å²) < 4.78 is 7.14. The van der Waals surface area contributed by atoms with Crippen LogP contribution in [0.15, 0.2) is 18.2 Å². The number of aryl methyl sites for hydroxylation is 2. The minimum absolute atomic E-state index is 0.242. The van der Waals surface area contributed by atoms with Crippen molar-refractivity contribution in [1.29, 1.82) is 0 Å². The molecule has 0 amide bonds. The van der Waals surface area contributed by atoms with Crippen LogP contribution >= 0.6 is 0 Å². The summed E-state index contributed by atoms with van der Waals surface area (Å²) in [6.45, 7) is 2.54. The van der Waals surface area contributed by atoms with E-state index in [1.165, 1.54) is 0 Å². The molecule has 0 saturated carbocycles. The van der Waals surface area contributed by atoms with Crippen molar-refractivity contribution in [3.05, 3.63) is 29.6 Å². The molecule has 0 radical (unpaired) electrons. The van der Waals surface area contributed by atoms with Crippen LogP contribution in [0.4, 0.5) is 0 Å². The number of benzene rings is 1. The fraction of sp³-hybridized carbons (Fsp3) is 0.429. The van der Waals surface area contributed by atoms with Crippen molar-refractivity contribution in [2.75, 3.05) is 13.2 Å². The van der Waals surface area contributed by atoms with Gasteiger partial charge in [-0.15, -0.1) is 0 Å². The molecule has 1 aliphatic heterocycles. The molecule has 1 aromatic carbocycles. The largest absolute Gasteiger partial charge is 0.480 e. The normalized spacial score (nSPS) is 17.4. The highest BCUT2D eigenvalue weighted by Gasteiger charge is 2.48. The van der Waals surface area contributed by atoms with E-state index >= 15 is 0 Å². The number of aliphatic carboxylic acids is 1. The van der Waals surface area contributed by atoms with Crippen molar-refractivity contribution < 1.29 is 14.6 Å². The Hall–Kier alpha value is -1.88. The highest BCUT2D eigenvalue weighted by Crippen LogP contribution is 2.34. The topological polar surface area (TPSA) is 64.3 Å². The number of carboxylic acids is 1. The van der Waals surface area contributed by atoms with Gasteiger partial charge in [-0.2, -0.15) is 0 Å². The van der Waals surface area contributed by atoms with Crippen molar-refractivity contribution in [2.24, 2.45) is 7.05 Å². The molecule has 0 bridgehead atoms. The maximum absolute atomic E-state index is 11.5. The van der Waals surface area contributed by atoms with Crippen LogP contribution in [0.5, 0.6) is 0 Å². The van der Waals surface area contributed by atoms with Gasteiger partial charge in [0.2, 0.25) is 0 Å². The molecule has 0 unspecified atom stereocenters. The number of nitrogens with zero attached hydrogens (tertiary/aromatic N) is 2. The van der Waals surface area contributed by atoms with E-state index in [1.54, 1.807) is 0 Å². The second-order valence-electron chi connectivity index (χ2n) is 5.02. The predicted octanol–water partition coefficient (Wildman–Crippen LogP) is 1.49. The molecule has 1 N–H and O–H groups in total.